The van der Waals surface area contributed by atoms with E-state index in [4.69, 9.17) is 9.47 Å². The van der Waals surface area contributed by atoms with Crippen LogP contribution in [0.3, 0.4) is 0 Å². The third-order valence-corrected chi connectivity index (χ3v) is 3.20. The van der Waals surface area contributed by atoms with Crippen LogP contribution in [0.4, 0.5) is 0 Å². The fraction of sp³-hybridized carbons (Fsp3) is 0.600. The Morgan fingerprint density at radius 1 is 1.26 bits per heavy atom. The van der Waals surface area contributed by atoms with Gasteiger partial charge in [0.25, 0.3) is 0 Å². The van der Waals surface area contributed by atoms with Crippen molar-refractivity contribution in [3.8, 4) is 11.5 Å². The Bertz CT molecular complexity index is 388. The third kappa shape index (κ3) is 6.21. The number of hydrogen-bond donors (Lipinski definition) is 1. The molecular weight excluding hydrogens is 258 g/mol. The predicted octanol–water partition coefficient (Wildman–Crippen LogP) is 3.33. The van der Waals surface area contributed by atoms with E-state index in [1.807, 2.05) is 18.2 Å². The maximum atomic E-state index is 5.83. The molecule has 0 bridgehead atoms. The van der Waals surface area contributed by atoms with Gasteiger partial charge in [-0.2, -0.15) is 11.8 Å². The highest BCUT2D eigenvalue weighted by atomic mass is 32.2. The van der Waals surface area contributed by atoms with E-state index >= 15 is 0 Å². The van der Waals surface area contributed by atoms with Crippen molar-refractivity contribution in [1.29, 1.82) is 0 Å². The maximum absolute atomic E-state index is 5.83. The van der Waals surface area contributed by atoms with E-state index in [2.05, 4.69) is 32.3 Å². The Morgan fingerprint density at radius 2 is 2.00 bits per heavy atom. The molecular formula is C15H25NO2S. The van der Waals surface area contributed by atoms with Gasteiger partial charge < -0.3 is 14.8 Å². The van der Waals surface area contributed by atoms with Crippen LogP contribution in [0.5, 0.6) is 11.5 Å². The first-order valence-electron chi connectivity index (χ1n) is 6.50. The van der Waals surface area contributed by atoms with Gasteiger partial charge >= 0.3 is 0 Å². The molecule has 1 aromatic rings. The molecule has 4 heteroatoms. The molecule has 0 heterocycles. The second-order valence-electron chi connectivity index (χ2n) is 5.42. The van der Waals surface area contributed by atoms with Crippen LogP contribution in [0.25, 0.3) is 0 Å². The molecule has 0 fully saturated rings. The Hall–Kier alpha value is -0.870. The van der Waals surface area contributed by atoms with Crippen molar-refractivity contribution in [2.75, 3.05) is 25.7 Å². The average Bonchev–Trinajstić information content (AvgIpc) is 2.36. The molecule has 0 unspecified atom stereocenters. The molecule has 3 nitrogen and oxygen atoms in total. The molecule has 1 N–H and O–H groups in total. The van der Waals surface area contributed by atoms with Gasteiger partial charge in [-0.1, -0.05) is 0 Å². The van der Waals surface area contributed by atoms with Gasteiger partial charge in [-0.3, -0.25) is 0 Å². The summed E-state index contributed by atoms with van der Waals surface area (Å²) in [5.41, 5.74) is 1.22. The Morgan fingerprint density at radius 3 is 2.58 bits per heavy atom. The minimum absolute atomic E-state index is 0.0830. The fourth-order valence-electron chi connectivity index (χ4n) is 1.56. The van der Waals surface area contributed by atoms with Crippen LogP contribution in [0.15, 0.2) is 18.2 Å². The Labute approximate surface area is 121 Å². The SMILES string of the molecule is COc1ccc(OCCSC)c(CNC(C)(C)C)c1. The van der Waals surface area contributed by atoms with E-state index in [-0.39, 0.29) is 5.54 Å². The van der Waals surface area contributed by atoms with Crippen LogP contribution in [0.2, 0.25) is 0 Å². The summed E-state index contributed by atoms with van der Waals surface area (Å²) in [7, 11) is 1.69. The van der Waals surface area contributed by atoms with Crippen LogP contribution in [-0.4, -0.2) is 31.3 Å². The molecule has 1 rings (SSSR count). The number of methoxy groups -OCH3 is 1. The third-order valence-electron chi connectivity index (χ3n) is 2.62. The second kappa shape index (κ2) is 7.65. The molecule has 1 aromatic carbocycles. The minimum atomic E-state index is 0.0830. The van der Waals surface area contributed by atoms with Crippen molar-refractivity contribution >= 4 is 11.8 Å². The molecule has 0 saturated heterocycles. The lowest BCUT2D eigenvalue weighted by atomic mass is 10.1. The van der Waals surface area contributed by atoms with E-state index in [0.717, 1.165) is 36.0 Å². The van der Waals surface area contributed by atoms with Crippen molar-refractivity contribution in [3.63, 3.8) is 0 Å². The largest absolute Gasteiger partial charge is 0.497 e. The van der Waals surface area contributed by atoms with E-state index < -0.39 is 0 Å². The highest BCUT2D eigenvalue weighted by molar-refractivity contribution is 7.98. The molecule has 0 saturated carbocycles. The summed E-state index contributed by atoms with van der Waals surface area (Å²) in [5.74, 6) is 2.80. The molecule has 19 heavy (non-hydrogen) atoms. The molecule has 0 aliphatic heterocycles. The van der Waals surface area contributed by atoms with Gasteiger partial charge in [-0.25, -0.2) is 0 Å². The number of rotatable bonds is 7. The molecule has 0 atom stereocenters. The Balaban J connectivity index is 2.77. The first-order valence-corrected chi connectivity index (χ1v) is 7.89. The van der Waals surface area contributed by atoms with Gasteiger partial charge in [-0.05, 0) is 45.2 Å². The van der Waals surface area contributed by atoms with Crippen molar-refractivity contribution in [3.05, 3.63) is 23.8 Å². The molecule has 0 amide bonds. The van der Waals surface area contributed by atoms with E-state index in [1.165, 1.54) is 0 Å². The smallest absolute Gasteiger partial charge is 0.124 e. The summed E-state index contributed by atoms with van der Waals surface area (Å²) in [5, 5.41) is 3.48. The maximum Gasteiger partial charge on any atom is 0.124 e. The lowest BCUT2D eigenvalue weighted by Crippen LogP contribution is -2.35. The lowest BCUT2D eigenvalue weighted by molar-refractivity contribution is 0.334. The first kappa shape index (κ1) is 16.2. The number of hydrogen-bond acceptors (Lipinski definition) is 4. The van der Waals surface area contributed by atoms with Crippen molar-refractivity contribution in [1.82, 2.24) is 5.32 Å². The highest BCUT2D eigenvalue weighted by Crippen LogP contribution is 2.25. The normalized spacial score (nSPS) is 11.4. The van der Waals surface area contributed by atoms with Crippen molar-refractivity contribution < 1.29 is 9.47 Å². The van der Waals surface area contributed by atoms with Crippen LogP contribution in [0.1, 0.15) is 26.3 Å². The summed E-state index contributed by atoms with van der Waals surface area (Å²) in [6.07, 6.45) is 2.08. The summed E-state index contributed by atoms with van der Waals surface area (Å²) in [6, 6.07) is 5.96. The lowest BCUT2D eigenvalue weighted by Gasteiger charge is -2.22. The van der Waals surface area contributed by atoms with Crippen molar-refractivity contribution in [2.45, 2.75) is 32.9 Å². The van der Waals surface area contributed by atoms with Gasteiger partial charge in [0.05, 0.1) is 13.7 Å². The van der Waals surface area contributed by atoms with E-state index in [9.17, 15) is 0 Å². The quantitative estimate of drug-likeness (QED) is 0.778. The van der Waals surface area contributed by atoms with Crippen LogP contribution in [0, 0.1) is 0 Å². The highest BCUT2D eigenvalue weighted by Gasteiger charge is 2.12. The summed E-state index contributed by atoms with van der Waals surface area (Å²) < 4.78 is 11.1. The van der Waals surface area contributed by atoms with Gasteiger partial charge in [0.15, 0.2) is 0 Å². The van der Waals surface area contributed by atoms with Gasteiger partial charge in [0, 0.05) is 23.4 Å². The molecule has 0 aliphatic carbocycles. The van der Waals surface area contributed by atoms with Gasteiger partial charge in [-0.15, -0.1) is 0 Å². The van der Waals surface area contributed by atoms with Gasteiger partial charge in [0.1, 0.15) is 11.5 Å². The number of nitrogens with one attached hydrogen (secondary N) is 1. The molecule has 0 aliphatic rings. The van der Waals surface area contributed by atoms with Crippen LogP contribution >= 0.6 is 11.8 Å². The summed E-state index contributed by atoms with van der Waals surface area (Å²) >= 11 is 1.79. The zero-order valence-corrected chi connectivity index (χ0v) is 13.4. The average molecular weight is 283 g/mol. The minimum Gasteiger partial charge on any atom is -0.497 e. The Kier molecular flexibility index (Phi) is 6.52. The predicted molar refractivity (Wildman–Crippen MR) is 83.5 cm³/mol. The van der Waals surface area contributed by atoms with Crippen LogP contribution in [-0.2, 0) is 6.54 Å². The molecule has 0 radical (unpaired) electrons. The second-order valence-corrected chi connectivity index (χ2v) is 6.40. The van der Waals surface area contributed by atoms with Gasteiger partial charge in [0.2, 0.25) is 0 Å². The first-order chi connectivity index (χ1) is 8.96. The fourth-order valence-corrected chi connectivity index (χ4v) is 1.81. The van der Waals surface area contributed by atoms with E-state index in [1.54, 1.807) is 18.9 Å². The molecule has 0 aromatic heterocycles. The monoisotopic (exact) mass is 283 g/mol. The molecule has 0 spiro atoms. The summed E-state index contributed by atoms with van der Waals surface area (Å²) in [6.45, 7) is 7.97. The van der Waals surface area contributed by atoms with Crippen LogP contribution < -0.4 is 14.8 Å². The van der Waals surface area contributed by atoms with E-state index in [0.29, 0.717) is 0 Å². The number of benzene rings is 1. The topological polar surface area (TPSA) is 30.5 Å². The summed E-state index contributed by atoms with van der Waals surface area (Å²) in [4.78, 5) is 0. The molecule has 108 valence electrons. The number of thioether (sulfide) groups is 1. The standard InChI is InChI=1S/C15H25NO2S/c1-15(2,3)16-11-12-10-13(17-4)6-7-14(12)18-8-9-19-5/h6-7,10,16H,8-9,11H2,1-5H3. The van der Waals surface area contributed by atoms with Crippen molar-refractivity contribution in [2.24, 2.45) is 0 Å². The zero-order valence-electron chi connectivity index (χ0n) is 12.6. The zero-order chi connectivity index (χ0) is 14.3. The number of ether oxygens (including phenoxy) is 2.